The number of hydrogen-bond donors (Lipinski definition) is 3. The second kappa shape index (κ2) is 6.86. The second-order valence-corrected chi connectivity index (χ2v) is 4.87. The van der Waals surface area contributed by atoms with Gasteiger partial charge >= 0.3 is 12.1 Å². The highest BCUT2D eigenvalue weighted by Gasteiger charge is 2.24. The van der Waals surface area contributed by atoms with Gasteiger partial charge in [0.05, 0.1) is 7.11 Å². The van der Waals surface area contributed by atoms with Crippen LogP contribution in [-0.2, 0) is 14.3 Å². The molecule has 0 spiro atoms. The van der Waals surface area contributed by atoms with Crippen molar-refractivity contribution < 1.29 is 34.1 Å². The fourth-order valence-corrected chi connectivity index (χ4v) is 2.03. The lowest BCUT2D eigenvalue weighted by Gasteiger charge is -2.14. The van der Waals surface area contributed by atoms with E-state index in [2.05, 4.69) is 4.74 Å². The fraction of sp³-hybridized carbons (Fsp3) is 0.188. The average Bonchev–Trinajstić information content (AvgIpc) is 2.57. The number of methoxy groups -OCH3 is 1. The molecule has 0 unspecified atom stereocenters. The molecule has 2 amide bonds. The number of phenols is 2. The first-order valence-electron chi connectivity index (χ1n) is 6.88. The van der Waals surface area contributed by atoms with Crippen LogP contribution in [0.2, 0.25) is 0 Å². The molecule has 8 nitrogen and oxygen atoms in total. The Kier molecular flexibility index (Phi) is 4.88. The quantitative estimate of drug-likeness (QED) is 0.577. The van der Waals surface area contributed by atoms with E-state index >= 15 is 0 Å². The number of amides is 2. The van der Waals surface area contributed by atoms with Crippen molar-refractivity contribution in [1.29, 1.82) is 0 Å². The summed E-state index contributed by atoms with van der Waals surface area (Å²) in [4.78, 5) is 34.7. The number of hydrogen-bond acceptors (Lipinski definition) is 7. The summed E-state index contributed by atoms with van der Waals surface area (Å²) in [6.45, 7) is 1.24. The second-order valence-electron chi connectivity index (χ2n) is 4.87. The summed E-state index contributed by atoms with van der Waals surface area (Å²) in [7, 11) is 1.08. The van der Waals surface area contributed by atoms with Crippen molar-refractivity contribution in [2.24, 2.45) is 0 Å². The fourth-order valence-electron chi connectivity index (χ4n) is 2.03. The molecule has 0 aromatic heterocycles. The summed E-state index contributed by atoms with van der Waals surface area (Å²) in [5.41, 5.74) is -0.302. The van der Waals surface area contributed by atoms with Gasteiger partial charge in [-0.2, -0.15) is 0 Å². The van der Waals surface area contributed by atoms with Crippen LogP contribution in [-0.4, -0.2) is 41.4 Å². The zero-order valence-electron chi connectivity index (χ0n) is 12.9. The predicted octanol–water partition coefficient (Wildman–Crippen LogP) is 1.68. The molecular formula is C16H15NO7. The van der Waals surface area contributed by atoms with Gasteiger partial charge in [-0.25, -0.2) is 9.59 Å². The molecule has 2 rings (SSSR count). The van der Waals surface area contributed by atoms with Gasteiger partial charge in [-0.1, -0.05) is 24.3 Å². The number of alkyl carbamates (subject to hydrolysis) is 1. The van der Waals surface area contributed by atoms with Crippen LogP contribution in [0.5, 0.6) is 11.5 Å². The summed E-state index contributed by atoms with van der Waals surface area (Å²) >= 11 is 0. The Morgan fingerprint density at radius 3 is 2.38 bits per heavy atom. The van der Waals surface area contributed by atoms with Crippen LogP contribution in [0.4, 0.5) is 4.79 Å². The Morgan fingerprint density at radius 2 is 1.75 bits per heavy atom. The zero-order valence-corrected chi connectivity index (χ0v) is 12.9. The summed E-state index contributed by atoms with van der Waals surface area (Å²) in [5, 5.41) is 22.6. The number of aromatic hydroxyl groups is 2. The molecule has 0 radical (unpaired) electrons. The van der Waals surface area contributed by atoms with E-state index in [9.17, 15) is 24.6 Å². The number of imide groups is 1. The number of phenolic OH excluding ortho intramolecular Hbond substituents is 2. The molecule has 2 aromatic rings. The standard InChI is InChI=1S/C16H15NO7/c1-8(14(20)17-16(22)23-2)24-15(21)11-7-12(18)9-5-3-4-6-10(9)13(11)19/h3-8,18-19H,1-2H3,(H,17,20,22)/t8-/m1/s1. The van der Waals surface area contributed by atoms with Crippen molar-refractivity contribution in [2.45, 2.75) is 13.0 Å². The first-order valence-corrected chi connectivity index (χ1v) is 6.88. The molecule has 0 heterocycles. The van der Waals surface area contributed by atoms with Crippen molar-refractivity contribution >= 4 is 28.7 Å². The van der Waals surface area contributed by atoms with Crippen molar-refractivity contribution in [2.75, 3.05) is 7.11 Å². The van der Waals surface area contributed by atoms with Crippen LogP contribution in [0.15, 0.2) is 30.3 Å². The van der Waals surface area contributed by atoms with Gasteiger partial charge in [0.15, 0.2) is 6.10 Å². The maximum absolute atomic E-state index is 12.1. The Morgan fingerprint density at radius 1 is 1.12 bits per heavy atom. The largest absolute Gasteiger partial charge is 0.507 e. The molecule has 2 aromatic carbocycles. The molecule has 1 atom stereocenters. The van der Waals surface area contributed by atoms with Crippen molar-refractivity contribution in [1.82, 2.24) is 5.32 Å². The smallest absolute Gasteiger partial charge is 0.413 e. The number of esters is 1. The van der Waals surface area contributed by atoms with Crippen LogP contribution in [0.1, 0.15) is 17.3 Å². The van der Waals surface area contributed by atoms with Crippen molar-refractivity contribution in [3.8, 4) is 11.5 Å². The van der Waals surface area contributed by atoms with Crippen LogP contribution < -0.4 is 5.32 Å². The summed E-state index contributed by atoms with van der Waals surface area (Å²) in [6.07, 6.45) is -2.31. The molecule has 0 saturated carbocycles. The van der Waals surface area contributed by atoms with Gasteiger partial charge in [-0.05, 0) is 13.0 Å². The molecule has 0 bridgehead atoms. The molecule has 8 heteroatoms. The molecule has 24 heavy (non-hydrogen) atoms. The van der Waals surface area contributed by atoms with Crippen LogP contribution in [0, 0.1) is 0 Å². The lowest BCUT2D eigenvalue weighted by molar-refractivity contribution is -0.128. The first kappa shape index (κ1) is 17.1. The van der Waals surface area contributed by atoms with Crippen molar-refractivity contribution in [3.05, 3.63) is 35.9 Å². The molecule has 0 fully saturated rings. The van der Waals surface area contributed by atoms with Gasteiger partial charge in [0.1, 0.15) is 17.1 Å². The number of carbonyl (C=O) groups is 3. The number of rotatable bonds is 3. The zero-order chi connectivity index (χ0) is 17.9. The molecule has 0 saturated heterocycles. The van der Waals surface area contributed by atoms with E-state index in [-0.39, 0.29) is 22.4 Å². The van der Waals surface area contributed by atoms with E-state index in [0.29, 0.717) is 5.39 Å². The highest BCUT2D eigenvalue weighted by molar-refractivity contribution is 6.04. The number of nitrogens with one attached hydrogen (secondary N) is 1. The highest BCUT2D eigenvalue weighted by Crippen LogP contribution is 2.35. The molecular weight excluding hydrogens is 318 g/mol. The van der Waals surface area contributed by atoms with E-state index in [4.69, 9.17) is 4.74 Å². The Hall–Kier alpha value is -3.29. The molecule has 0 aliphatic carbocycles. The van der Waals surface area contributed by atoms with Gasteiger partial charge in [-0.3, -0.25) is 10.1 Å². The SMILES string of the molecule is COC(=O)NC(=O)[C@@H](C)OC(=O)c1cc(O)c2ccccc2c1O. The van der Waals surface area contributed by atoms with E-state index in [1.54, 1.807) is 18.2 Å². The average molecular weight is 333 g/mol. The van der Waals surface area contributed by atoms with Gasteiger partial charge in [0.25, 0.3) is 5.91 Å². The molecule has 0 aliphatic rings. The summed E-state index contributed by atoms with van der Waals surface area (Å²) < 4.78 is 9.16. The normalized spacial score (nSPS) is 11.6. The van der Waals surface area contributed by atoms with Crippen molar-refractivity contribution in [3.63, 3.8) is 0 Å². The maximum Gasteiger partial charge on any atom is 0.413 e. The minimum atomic E-state index is -1.32. The van der Waals surface area contributed by atoms with E-state index in [0.717, 1.165) is 13.2 Å². The van der Waals surface area contributed by atoms with Gasteiger partial charge in [-0.15, -0.1) is 0 Å². The van der Waals surface area contributed by atoms with Crippen LogP contribution in [0.25, 0.3) is 10.8 Å². The molecule has 126 valence electrons. The maximum atomic E-state index is 12.1. The number of carbonyl (C=O) groups excluding carboxylic acids is 3. The predicted molar refractivity (Wildman–Crippen MR) is 82.7 cm³/mol. The minimum absolute atomic E-state index is 0.220. The third kappa shape index (κ3) is 3.37. The highest BCUT2D eigenvalue weighted by atomic mass is 16.6. The first-order chi connectivity index (χ1) is 11.3. The monoisotopic (exact) mass is 333 g/mol. The molecule has 3 N–H and O–H groups in total. The topological polar surface area (TPSA) is 122 Å². The lowest BCUT2D eigenvalue weighted by Crippen LogP contribution is -2.39. The lowest BCUT2D eigenvalue weighted by atomic mass is 10.0. The van der Waals surface area contributed by atoms with E-state index < -0.39 is 24.1 Å². The Bertz CT molecular complexity index is 815. The van der Waals surface area contributed by atoms with Crippen LogP contribution >= 0.6 is 0 Å². The Labute approximate surface area is 136 Å². The third-order valence-electron chi connectivity index (χ3n) is 3.28. The Balaban J connectivity index is 2.24. The number of fused-ring (bicyclic) bond motifs is 1. The third-order valence-corrected chi connectivity index (χ3v) is 3.28. The van der Waals surface area contributed by atoms with E-state index in [1.807, 2.05) is 5.32 Å². The van der Waals surface area contributed by atoms with Gasteiger partial charge in [0.2, 0.25) is 0 Å². The summed E-state index contributed by atoms with van der Waals surface area (Å²) in [6, 6.07) is 7.44. The molecule has 0 aliphatic heterocycles. The van der Waals surface area contributed by atoms with E-state index in [1.165, 1.54) is 13.0 Å². The van der Waals surface area contributed by atoms with Gasteiger partial charge in [0, 0.05) is 10.8 Å². The number of ether oxygens (including phenoxy) is 2. The van der Waals surface area contributed by atoms with Gasteiger partial charge < -0.3 is 19.7 Å². The summed E-state index contributed by atoms with van der Waals surface area (Å²) in [5.74, 6) is -2.52. The van der Waals surface area contributed by atoms with Crippen LogP contribution in [0.3, 0.4) is 0 Å². The number of benzene rings is 2. The minimum Gasteiger partial charge on any atom is -0.507 e.